The smallest absolute Gasteiger partial charge is 0.422 e. The Labute approximate surface area is 213 Å². The van der Waals surface area contributed by atoms with E-state index in [9.17, 15) is 13.2 Å². The van der Waals surface area contributed by atoms with Gasteiger partial charge in [0.05, 0.1) is 12.1 Å². The van der Waals surface area contributed by atoms with Gasteiger partial charge in [-0.15, -0.1) is 0 Å². The third-order valence-electron chi connectivity index (χ3n) is 6.38. The Morgan fingerprint density at radius 1 is 0.973 bits per heavy atom. The van der Waals surface area contributed by atoms with Gasteiger partial charge >= 0.3 is 12.2 Å². The highest BCUT2D eigenvalue weighted by molar-refractivity contribution is 5.61. The standard InChI is InChI=1S/C27H28F3N5O2/c1-18-20-6-4-19(5-7-20)16-23-32-24(34-25(33-23)37-17-27(28,29)30)35-26(12-13-26)21-8-10-22(11-9-21)36-15-3-2-14-31-18/h4-11,31H,1-3,12-17H2,(H,32,33,34,35). The molecule has 2 N–H and O–H groups in total. The van der Waals surface area contributed by atoms with E-state index in [1.807, 2.05) is 48.5 Å². The van der Waals surface area contributed by atoms with Gasteiger partial charge in [-0.1, -0.05) is 43.0 Å². The van der Waals surface area contributed by atoms with Crippen LogP contribution in [0.5, 0.6) is 11.8 Å². The molecule has 1 aromatic heterocycles. The molecule has 0 radical (unpaired) electrons. The number of nitrogens with zero attached hydrogens (tertiary/aromatic N) is 3. The number of rotatable bonds is 2. The third-order valence-corrected chi connectivity index (χ3v) is 6.38. The summed E-state index contributed by atoms with van der Waals surface area (Å²) >= 11 is 0. The number of nitrogens with one attached hydrogen (secondary N) is 2. The third kappa shape index (κ3) is 6.49. The van der Waals surface area contributed by atoms with Gasteiger partial charge in [0.15, 0.2) is 6.61 Å². The minimum Gasteiger partial charge on any atom is -0.494 e. The molecule has 37 heavy (non-hydrogen) atoms. The number of anilines is 1. The van der Waals surface area contributed by atoms with E-state index in [0.29, 0.717) is 18.9 Å². The molecule has 1 fully saturated rings. The van der Waals surface area contributed by atoms with Crippen LogP contribution in [0.4, 0.5) is 19.1 Å². The molecule has 6 bridgehead atoms. The highest BCUT2D eigenvalue weighted by Crippen LogP contribution is 2.48. The first-order valence-corrected chi connectivity index (χ1v) is 12.3. The van der Waals surface area contributed by atoms with Crippen LogP contribution in [0.25, 0.3) is 5.70 Å². The summed E-state index contributed by atoms with van der Waals surface area (Å²) in [4.78, 5) is 12.8. The van der Waals surface area contributed by atoms with Gasteiger partial charge in [0.2, 0.25) is 5.95 Å². The Balaban J connectivity index is 1.46. The largest absolute Gasteiger partial charge is 0.494 e. The monoisotopic (exact) mass is 511 g/mol. The normalized spacial score (nSPS) is 17.3. The Morgan fingerprint density at radius 2 is 1.73 bits per heavy atom. The zero-order valence-electron chi connectivity index (χ0n) is 20.3. The van der Waals surface area contributed by atoms with Crippen molar-refractivity contribution in [2.24, 2.45) is 0 Å². The molecule has 1 saturated carbocycles. The second-order valence-electron chi connectivity index (χ2n) is 9.33. The lowest BCUT2D eigenvalue weighted by molar-refractivity contribution is -0.154. The van der Waals surface area contributed by atoms with Crippen LogP contribution in [-0.2, 0) is 12.0 Å². The molecule has 3 aromatic rings. The van der Waals surface area contributed by atoms with Gasteiger partial charge in [0, 0.05) is 18.7 Å². The van der Waals surface area contributed by atoms with Crippen molar-refractivity contribution in [2.75, 3.05) is 25.1 Å². The summed E-state index contributed by atoms with van der Waals surface area (Å²) in [6.07, 6.45) is -0.670. The zero-order chi connectivity index (χ0) is 25.9. The van der Waals surface area contributed by atoms with E-state index in [1.54, 1.807) is 0 Å². The average Bonchev–Trinajstić information content (AvgIpc) is 3.65. The number of aromatic nitrogens is 3. The van der Waals surface area contributed by atoms with Crippen molar-refractivity contribution in [1.29, 1.82) is 0 Å². The molecule has 10 heteroatoms. The predicted molar refractivity (Wildman–Crippen MR) is 133 cm³/mol. The minimum atomic E-state index is -4.50. The Hall–Kier alpha value is -3.82. The fourth-order valence-corrected chi connectivity index (χ4v) is 4.20. The maximum absolute atomic E-state index is 12.8. The van der Waals surface area contributed by atoms with Crippen molar-refractivity contribution in [1.82, 2.24) is 20.3 Å². The topological polar surface area (TPSA) is 81.2 Å². The van der Waals surface area contributed by atoms with Crippen molar-refractivity contribution in [3.05, 3.63) is 77.6 Å². The van der Waals surface area contributed by atoms with E-state index in [2.05, 4.69) is 32.2 Å². The van der Waals surface area contributed by atoms with Gasteiger partial charge in [-0.3, -0.25) is 0 Å². The predicted octanol–water partition coefficient (Wildman–Crippen LogP) is 5.24. The molecule has 7 nitrogen and oxygen atoms in total. The average molecular weight is 512 g/mol. The van der Waals surface area contributed by atoms with Gasteiger partial charge in [0.25, 0.3) is 0 Å². The summed E-state index contributed by atoms with van der Waals surface area (Å²) in [6, 6.07) is 15.2. The van der Waals surface area contributed by atoms with Crippen molar-refractivity contribution in [3.63, 3.8) is 0 Å². The number of benzene rings is 2. The number of ether oxygens (including phenoxy) is 2. The molecule has 2 aromatic carbocycles. The first kappa shape index (κ1) is 24.9. The quantitative estimate of drug-likeness (QED) is 0.487. The van der Waals surface area contributed by atoms with E-state index in [1.165, 1.54) is 0 Å². The van der Waals surface area contributed by atoms with Gasteiger partial charge in [-0.05, 0) is 54.5 Å². The van der Waals surface area contributed by atoms with Crippen molar-refractivity contribution in [3.8, 4) is 11.8 Å². The highest BCUT2D eigenvalue weighted by atomic mass is 19.4. The lowest BCUT2D eigenvalue weighted by Gasteiger charge is -2.19. The zero-order valence-corrected chi connectivity index (χ0v) is 20.3. The molecule has 194 valence electrons. The number of alkyl halides is 3. The van der Waals surface area contributed by atoms with E-state index in [0.717, 1.165) is 60.4 Å². The fraction of sp³-hybridized carbons (Fsp3) is 0.370. The van der Waals surface area contributed by atoms with Crippen molar-refractivity contribution >= 4 is 11.6 Å². The van der Waals surface area contributed by atoms with E-state index < -0.39 is 18.3 Å². The van der Waals surface area contributed by atoms with Crippen molar-refractivity contribution in [2.45, 2.75) is 43.8 Å². The number of hydrogen-bond donors (Lipinski definition) is 2. The number of halogens is 3. The van der Waals surface area contributed by atoms with Gasteiger partial charge < -0.3 is 20.1 Å². The van der Waals surface area contributed by atoms with Gasteiger partial charge in [-0.25, -0.2) is 0 Å². The fourth-order valence-electron chi connectivity index (χ4n) is 4.20. The molecule has 4 aliphatic heterocycles. The molecule has 1 aliphatic carbocycles. The van der Waals surface area contributed by atoms with Crippen LogP contribution >= 0.6 is 0 Å². The van der Waals surface area contributed by atoms with E-state index in [-0.39, 0.29) is 12.0 Å². The second-order valence-corrected chi connectivity index (χ2v) is 9.33. The van der Waals surface area contributed by atoms with Crippen molar-refractivity contribution < 1.29 is 22.6 Å². The van der Waals surface area contributed by atoms with Crippen LogP contribution < -0.4 is 20.1 Å². The van der Waals surface area contributed by atoms with Crippen LogP contribution in [-0.4, -0.2) is 40.9 Å². The highest BCUT2D eigenvalue weighted by Gasteiger charge is 2.45. The van der Waals surface area contributed by atoms with E-state index in [4.69, 9.17) is 9.47 Å². The maximum atomic E-state index is 12.8. The molecule has 0 amide bonds. The van der Waals surface area contributed by atoms with Gasteiger partial charge in [0.1, 0.15) is 11.6 Å². The molecule has 5 heterocycles. The molecule has 0 unspecified atom stereocenters. The maximum Gasteiger partial charge on any atom is 0.422 e. The minimum absolute atomic E-state index is 0.181. The number of hydrogen-bond acceptors (Lipinski definition) is 7. The molecular formula is C27H28F3N5O2. The Kier molecular flexibility index (Phi) is 6.90. The SMILES string of the molecule is C=C1NCCCCOc2ccc(cc2)C2(CC2)Nc2nc(nc(OCC(F)(F)F)n2)Cc2ccc1cc2. The summed E-state index contributed by atoms with van der Waals surface area (Å²) in [7, 11) is 0. The summed E-state index contributed by atoms with van der Waals surface area (Å²) in [5.74, 6) is 1.28. The molecule has 5 aliphatic rings. The van der Waals surface area contributed by atoms with Crippen LogP contribution in [0.15, 0.2) is 55.1 Å². The first-order valence-electron chi connectivity index (χ1n) is 12.3. The Bertz CT molecular complexity index is 1240. The van der Waals surface area contributed by atoms with Crippen LogP contribution in [0, 0.1) is 0 Å². The summed E-state index contributed by atoms with van der Waals surface area (Å²) < 4.78 is 49.2. The molecule has 0 atom stereocenters. The van der Waals surface area contributed by atoms with Crippen LogP contribution in [0.2, 0.25) is 0 Å². The van der Waals surface area contributed by atoms with Crippen LogP contribution in [0.1, 0.15) is 48.2 Å². The summed E-state index contributed by atoms with van der Waals surface area (Å²) in [6.45, 7) is 4.03. The van der Waals surface area contributed by atoms with Crippen LogP contribution in [0.3, 0.4) is 0 Å². The second kappa shape index (κ2) is 10.3. The summed E-state index contributed by atoms with van der Waals surface area (Å²) in [5.41, 5.74) is 3.30. The Morgan fingerprint density at radius 3 is 2.43 bits per heavy atom. The van der Waals surface area contributed by atoms with E-state index >= 15 is 0 Å². The lowest BCUT2D eigenvalue weighted by atomic mass is 10.1. The van der Waals surface area contributed by atoms with Gasteiger partial charge in [-0.2, -0.15) is 28.1 Å². The molecule has 8 rings (SSSR count). The molecule has 0 saturated heterocycles. The molecule has 1 spiro atoms. The lowest BCUT2D eigenvalue weighted by Crippen LogP contribution is -2.23. The first-order chi connectivity index (χ1) is 17.8. The summed E-state index contributed by atoms with van der Waals surface area (Å²) in [5, 5.41) is 6.67. The molecular weight excluding hydrogens is 483 g/mol.